The lowest BCUT2D eigenvalue weighted by Crippen LogP contribution is -2.69. The van der Waals surface area contributed by atoms with Crippen molar-refractivity contribution in [3.63, 3.8) is 0 Å². The summed E-state index contributed by atoms with van der Waals surface area (Å²) in [6, 6.07) is 10.5. The molecule has 0 spiro atoms. The number of hydrogen-bond acceptors (Lipinski definition) is 6. The van der Waals surface area contributed by atoms with E-state index in [0.717, 1.165) is 24.3 Å². The van der Waals surface area contributed by atoms with Crippen LogP contribution < -0.4 is 10.0 Å². The quantitative estimate of drug-likeness (QED) is 0.421. The first kappa shape index (κ1) is 23.2. The maximum Gasteiger partial charge on any atom is 0.437 e. The number of carbonyl (C=O) groups is 2. The number of alkyl halides is 3. The molecule has 30 heavy (non-hydrogen) atoms. The normalized spacial score (nSPS) is 13.9. The van der Waals surface area contributed by atoms with Gasteiger partial charge in [0, 0.05) is 0 Å². The maximum absolute atomic E-state index is 14.2. The Balaban J connectivity index is 2.69. The number of rotatable bonds is 8. The number of aromatic carboxylic acids is 1. The fourth-order valence-electron chi connectivity index (χ4n) is 2.44. The summed E-state index contributed by atoms with van der Waals surface area (Å²) in [6.07, 6.45) is -5.56. The number of carboxylic acid groups (broad SMARTS) is 1. The molecule has 0 saturated heterocycles. The lowest BCUT2D eigenvalue weighted by Gasteiger charge is -2.35. The average molecular weight is 446 g/mol. The van der Waals surface area contributed by atoms with Gasteiger partial charge in [0.05, 0.1) is 22.8 Å². The Kier molecular flexibility index (Phi) is 6.73. The third-order valence-corrected chi connectivity index (χ3v) is 5.30. The van der Waals surface area contributed by atoms with Gasteiger partial charge in [-0.3, -0.25) is 0 Å². The van der Waals surface area contributed by atoms with E-state index >= 15 is 0 Å². The molecule has 1 unspecified atom stereocenters. The molecule has 2 aromatic carbocycles. The van der Waals surface area contributed by atoms with E-state index in [9.17, 15) is 36.3 Å². The number of benzene rings is 2. The molecule has 0 aromatic heterocycles. The van der Waals surface area contributed by atoms with Gasteiger partial charge in [0.2, 0.25) is 10.0 Å². The second-order valence-corrected chi connectivity index (χ2v) is 7.54. The topological polar surface area (TPSA) is 122 Å². The molecule has 8 nitrogen and oxygen atoms in total. The number of esters is 1. The smallest absolute Gasteiger partial charge is 0.437 e. The van der Waals surface area contributed by atoms with Crippen LogP contribution in [0, 0.1) is 0 Å². The molecule has 12 heteroatoms. The molecule has 2 rings (SSSR count). The Bertz CT molecular complexity index is 1030. The third kappa shape index (κ3) is 4.71. The van der Waals surface area contributed by atoms with E-state index in [-0.39, 0.29) is 0 Å². The Morgan fingerprint density at radius 1 is 1.03 bits per heavy atom. The summed E-state index contributed by atoms with van der Waals surface area (Å²) in [4.78, 5) is 23.3. The van der Waals surface area contributed by atoms with Crippen molar-refractivity contribution in [1.82, 2.24) is 4.72 Å². The van der Waals surface area contributed by atoms with Gasteiger partial charge in [-0.1, -0.05) is 30.3 Å². The van der Waals surface area contributed by atoms with Crippen LogP contribution in [-0.4, -0.2) is 43.9 Å². The summed E-state index contributed by atoms with van der Waals surface area (Å²) in [5.74, 6) is -3.60. The lowest BCUT2D eigenvalue weighted by molar-refractivity contribution is -0.202. The fourth-order valence-corrected chi connectivity index (χ4v) is 3.73. The predicted molar refractivity (Wildman–Crippen MR) is 99.2 cm³/mol. The first-order chi connectivity index (χ1) is 13.9. The van der Waals surface area contributed by atoms with Gasteiger partial charge in [-0.15, -0.1) is 0 Å². The standard InChI is InChI=1S/C18H17F3N2O6S/c1-2-29-16(26)17(18(19,20)21,22-14-11-7-6-10-13(14)15(24)25)23-30(27,28)12-8-4-3-5-9-12/h3-11,22-23H,2H2,1H3,(H,24,25). The van der Waals surface area contributed by atoms with Crippen molar-refractivity contribution < 1.29 is 41.0 Å². The molecule has 0 saturated carbocycles. The fraction of sp³-hybridized carbons (Fsp3) is 0.222. The van der Waals surface area contributed by atoms with Crippen molar-refractivity contribution in [2.45, 2.75) is 23.7 Å². The van der Waals surface area contributed by atoms with Crippen molar-refractivity contribution >= 4 is 27.6 Å². The number of anilines is 1. The monoisotopic (exact) mass is 446 g/mol. The van der Waals surface area contributed by atoms with E-state index in [2.05, 4.69) is 4.74 Å². The van der Waals surface area contributed by atoms with E-state index in [0.29, 0.717) is 0 Å². The summed E-state index contributed by atoms with van der Waals surface area (Å²) >= 11 is 0. The highest BCUT2D eigenvalue weighted by molar-refractivity contribution is 7.89. The molecule has 0 fully saturated rings. The zero-order valence-corrected chi connectivity index (χ0v) is 16.3. The van der Waals surface area contributed by atoms with Crippen LogP contribution in [0.2, 0.25) is 0 Å². The van der Waals surface area contributed by atoms with E-state index in [1.807, 2.05) is 0 Å². The maximum atomic E-state index is 14.2. The van der Waals surface area contributed by atoms with Crippen molar-refractivity contribution in [2.75, 3.05) is 11.9 Å². The second-order valence-electron chi connectivity index (χ2n) is 5.86. The SMILES string of the molecule is CCOC(=O)C(Nc1ccccc1C(=O)O)(NS(=O)(=O)c1ccccc1)C(F)(F)F. The van der Waals surface area contributed by atoms with Gasteiger partial charge in [-0.2, -0.15) is 17.9 Å². The molecule has 162 valence electrons. The summed E-state index contributed by atoms with van der Waals surface area (Å²) in [7, 11) is -4.90. The predicted octanol–water partition coefficient (Wildman–Crippen LogP) is 2.60. The first-order valence-electron chi connectivity index (χ1n) is 8.38. The van der Waals surface area contributed by atoms with Crippen molar-refractivity contribution in [3.8, 4) is 0 Å². The highest BCUT2D eigenvalue weighted by Gasteiger charge is 2.64. The van der Waals surface area contributed by atoms with Crippen LogP contribution in [-0.2, 0) is 19.6 Å². The molecule has 0 amide bonds. The van der Waals surface area contributed by atoms with Gasteiger partial charge in [0.25, 0.3) is 5.66 Å². The van der Waals surface area contributed by atoms with E-state index in [1.165, 1.54) is 42.0 Å². The van der Waals surface area contributed by atoms with Crippen LogP contribution in [0.3, 0.4) is 0 Å². The molecule has 0 radical (unpaired) electrons. The van der Waals surface area contributed by atoms with E-state index < -0.39 is 56.6 Å². The molecule has 2 aromatic rings. The number of para-hydroxylation sites is 1. The Morgan fingerprint density at radius 2 is 1.60 bits per heavy atom. The van der Waals surface area contributed by atoms with Crippen LogP contribution in [0.1, 0.15) is 17.3 Å². The minimum Gasteiger partial charge on any atom is -0.478 e. The van der Waals surface area contributed by atoms with Gasteiger partial charge in [0.1, 0.15) is 0 Å². The third-order valence-electron chi connectivity index (χ3n) is 3.83. The van der Waals surface area contributed by atoms with Crippen molar-refractivity contribution in [2.24, 2.45) is 0 Å². The molecular weight excluding hydrogens is 429 g/mol. The number of carboxylic acids is 1. The minimum atomic E-state index is -5.56. The summed E-state index contributed by atoms with van der Waals surface area (Å²) in [5.41, 5.74) is -5.26. The van der Waals surface area contributed by atoms with Crippen LogP contribution in [0.4, 0.5) is 18.9 Å². The number of hydrogen-bond donors (Lipinski definition) is 3. The van der Waals surface area contributed by atoms with E-state index in [1.54, 1.807) is 5.32 Å². The van der Waals surface area contributed by atoms with Crippen molar-refractivity contribution in [3.05, 3.63) is 60.2 Å². The highest BCUT2D eigenvalue weighted by atomic mass is 32.2. The largest absolute Gasteiger partial charge is 0.478 e. The molecule has 0 aliphatic heterocycles. The van der Waals surface area contributed by atoms with Gasteiger partial charge in [-0.25, -0.2) is 18.0 Å². The molecule has 0 aliphatic rings. The Hall–Kier alpha value is -3.12. The first-order valence-corrected chi connectivity index (χ1v) is 9.86. The number of sulfonamides is 1. The summed E-state index contributed by atoms with van der Waals surface area (Å²) in [5, 5.41) is 11.0. The van der Waals surface area contributed by atoms with Gasteiger partial charge in [-0.05, 0) is 31.2 Å². The Labute approximate surface area is 169 Å². The molecule has 0 heterocycles. The highest BCUT2D eigenvalue weighted by Crippen LogP contribution is 2.35. The van der Waals surface area contributed by atoms with Crippen LogP contribution in [0.25, 0.3) is 0 Å². The van der Waals surface area contributed by atoms with Gasteiger partial charge >= 0.3 is 18.1 Å². The minimum absolute atomic E-state index is 0.494. The second kappa shape index (κ2) is 8.71. The van der Waals surface area contributed by atoms with Crippen molar-refractivity contribution in [1.29, 1.82) is 0 Å². The summed E-state index contributed by atoms with van der Waals surface area (Å²) < 4.78 is 73.6. The zero-order valence-electron chi connectivity index (χ0n) is 15.4. The van der Waals surface area contributed by atoms with Crippen LogP contribution >= 0.6 is 0 Å². The lowest BCUT2D eigenvalue weighted by atomic mass is 10.1. The summed E-state index contributed by atoms with van der Waals surface area (Å²) in [6.45, 7) is 0.738. The molecule has 1 atom stereocenters. The van der Waals surface area contributed by atoms with Crippen LogP contribution in [0.15, 0.2) is 59.5 Å². The van der Waals surface area contributed by atoms with Gasteiger partial charge < -0.3 is 15.2 Å². The average Bonchev–Trinajstić information content (AvgIpc) is 2.67. The zero-order chi connectivity index (χ0) is 22.6. The number of nitrogens with one attached hydrogen (secondary N) is 2. The Morgan fingerprint density at radius 3 is 2.13 bits per heavy atom. The number of carbonyl (C=O) groups excluding carboxylic acids is 1. The number of halogens is 3. The molecule has 0 aliphatic carbocycles. The molecule has 3 N–H and O–H groups in total. The molecular formula is C18H17F3N2O6S. The van der Waals surface area contributed by atoms with Crippen LogP contribution in [0.5, 0.6) is 0 Å². The van der Waals surface area contributed by atoms with E-state index in [4.69, 9.17) is 0 Å². The van der Waals surface area contributed by atoms with Gasteiger partial charge in [0.15, 0.2) is 0 Å². The molecule has 0 bridgehead atoms. The number of ether oxygens (including phenoxy) is 1.